The fraction of sp³-hybridized carbons (Fsp3) is 0.500. The molecule has 1 fully saturated rings. The largest absolute Gasteiger partial charge is 0.353 e. The molecule has 1 aliphatic rings. The Kier molecular flexibility index (Phi) is 5.24. The van der Waals surface area contributed by atoms with E-state index in [4.69, 9.17) is 9.47 Å². The summed E-state index contributed by atoms with van der Waals surface area (Å²) < 4.78 is 10.4. The highest BCUT2D eigenvalue weighted by molar-refractivity contribution is 8.00. The molecule has 0 aliphatic heterocycles. The molecule has 1 aliphatic carbocycles. The Morgan fingerprint density at radius 1 is 1.32 bits per heavy atom. The molecule has 19 heavy (non-hydrogen) atoms. The number of thioether (sulfide) groups is 1. The van der Waals surface area contributed by atoms with Crippen LogP contribution in [0.15, 0.2) is 29.2 Å². The second-order valence-electron chi connectivity index (χ2n) is 4.50. The number of ether oxygens (including phenoxy) is 2. The number of rotatable bonds is 7. The lowest BCUT2D eigenvalue weighted by molar-refractivity contribution is -0.118. The second-order valence-corrected chi connectivity index (χ2v) is 5.55. The average Bonchev–Trinajstić information content (AvgIpc) is 3.23. The van der Waals surface area contributed by atoms with Crippen molar-refractivity contribution >= 4 is 17.7 Å². The van der Waals surface area contributed by atoms with Gasteiger partial charge in [-0.2, -0.15) is 0 Å². The quantitative estimate of drug-likeness (QED) is 0.615. The maximum Gasteiger partial charge on any atom is 0.230 e. The van der Waals surface area contributed by atoms with E-state index in [-0.39, 0.29) is 12.2 Å². The summed E-state index contributed by atoms with van der Waals surface area (Å²) >= 11 is 1.54. The van der Waals surface area contributed by atoms with Crippen LogP contribution < -0.4 is 5.32 Å². The minimum Gasteiger partial charge on any atom is -0.353 e. The third kappa shape index (κ3) is 4.53. The smallest absolute Gasteiger partial charge is 0.230 e. The molecule has 1 amide bonds. The Morgan fingerprint density at radius 2 is 1.95 bits per heavy atom. The van der Waals surface area contributed by atoms with Gasteiger partial charge in [-0.05, 0) is 25.0 Å². The van der Waals surface area contributed by atoms with E-state index in [2.05, 4.69) is 5.32 Å². The first kappa shape index (κ1) is 14.4. The molecule has 0 unspecified atom stereocenters. The Balaban J connectivity index is 1.82. The number of hydrogen-bond donors (Lipinski definition) is 1. The first-order chi connectivity index (χ1) is 9.22. The van der Waals surface area contributed by atoms with Gasteiger partial charge in [-0.15, -0.1) is 11.8 Å². The summed E-state index contributed by atoms with van der Waals surface area (Å²) in [6.45, 7) is 0. The van der Waals surface area contributed by atoms with E-state index in [1.807, 2.05) is 24.3 Å². The van der Waals surface area contributed by atoms with Crippen molar-refractivity contribution in [2.45, 2.75) is 30.1 Å². The zero-order chi connectivity index (χ0) is 13.7. The van der Waals surface area contributed by atoms with Gasteiger partial charge >= 0.3 is 0 Å². The van der Waals surface area contributed by atoms with Crippen LogP contribution in [0.3, 0.4) is 0 Å². The molecule has 1 aromatic rings. The number of amides is 1. The van der Waals surface area contributed by atoms with E-state index in [1.54, 1.807) is 26.0 Å². The van der Waals surface area contributed by atoms with Crippen molar-refractivity contribution in [2.75, 3.05) is 20.0 Å². The predicted molar refractivity (Wildman–Crippen MR) is 75.1 cm³/mol. The van der Waals surface area contributed by atoms with Crippen LogP contribution >= 0.6 is 11.8 Å². The van der Waals surface area contributed by atoms with Crippen LogP contribution in [0.4, 0.5) is 0 Å². The Morgan fingerprint density at radius 3 is 2.47 bits per heavy atom. The van der Waals surface area contributed by atoms with E-state index in [0.29, 0.717) is 11.8 Å². The van der Waals surface area contributed by atoms with Crippen LogP contribution in [0.2, 0.25) is 0 Å². The van der Waals surface area contributed by atoms with Gasteiger partial charge in [0.05, 0.1) is 5.75 Å². The van der Waals surface area contributed by atoms with Crippen molar-refractivity contribution < 1.29 is 14.3 Å². The van der Waals surface area contributed by atoms with E-state index >= 15 is 0 Å². The fourth-order valence-corrected chi connectivity index (χ4v) is 2.45. The summed E-state index contributed by atoms with van der Waals surface area (Å²) in [5.74, 6) is 0.580. The second kappa shape index (κ2) is 6.93. The van der Waals surface area contributed by atoms with Gasteiger partial charge in [-0.25, -0.2) is 0 Å². The summed E-state index contributed by atoms with van der Waals surface area (Å²) in [7, 11) is 3.22. The normalized spacial score (nSPS) is 14.7. The van der Waals surface area contributed by atoms with Crippen molar-refractivity contribution in [3.63, 3.8) is 0 Å². The van der Waals surface area contributed by atoms with E-state index in [9.17, 15) is 4.79 Å². The number of nitrogens with one attached hydrogen (secondary N) is 1. The Hall–Kier alpha value is -1.04. The Labute approximate surface area is 117 Å². The summed E-state index contributed by atoms with van der Waals surface area (Å²) in [4.78, 5) is 12.6. The van der Waals surface area contributed by atoms with Crippen LogP contribution in [0.25, 0.3) is 0 Å². The third-order valence-electron chi connectivity index (χ3n) is 2.89. The van der Waals surface area contributed by atoms with Crippen LogP contribution in [0, 0.1) is 0 Å². The van der Waals surface area contributed by atoms with Gasteiger partial charge in [0.25, 0.3) is 0 Å². The summed E-state index contributed by atoms with van der Waals surface area (Å²) in [6.07, 6.45) is 1.92. The van der Waals surface area contributed by atoms with Crippen molar-refractivity contribution in [3.05, 3.63) is 29.8 Å². The molecule has 104 valence electrons. The Bertz CT molecular complexity index is 413. The predicted octanol–water partition coefficient (Wildman–Crippen LogP) is 2.35. The minimum absolute atomic E-state index is 0.114. The first-order valence-electron chi connectivity index (χ1n) is 6.30. The standard InChI is InChI=1S/C14H19NO3S/c1-17-14(18-2)10-3-7-12(8-4-10)19-9-13(16)15-11-5-6-11/h3-4,7-8,11,14H,5-6,9H2,1-2H3,(H,15,16). The number of carbonyl (C=O) groups excluding carboxylic acids is 1. The molecule has 4 nitrogen and oxygen atoms in total. The molecule has 2 rings (SSSR count). The van der Waals surface area contributed by atoms with Crippen LogP contribution in [-0.2, 0) is 14.3 Å². The van der Waals surface area contributed by atoms with E-state index < -0.39 is 0 Å². The van der Waals surface area contributed by atoms with Crippen LogP contribution in [0.1, 0.15) is 24.7 Å². The zero-order valence-electron chi connectivity index (χ0n) is 11.2. The van der Waals surface area contributed by atoms with Crippen molar-refractivity contribution in [2.24, 2.45) is 0 Å². The lowest BCUT2D eigenvalue weighted by Crippen LogP contribution is -2.26. The van der Waals surface area contributed by atoms with Gasteiger partial charge in [0.1, 0.15) is 0 Å². The van der Waals surface area contributed by atoms with Gasteiger partial charge in [-0.1, -0.05) is 12.1 Å². The van der Waals surface area contributed by atoms with Crippen molar-refractivity contribution in [3.8, 4) is 0 Å². The molecule has 5 heteroatoms. The average molecular weight is 281 g/mol. The highest BCUT2D eigenvalue weighted by atomic mass is 32.2. The highest BCUT2D eigenvalue weighted by Crippen LogP contribution is 2.23. The molecule has 0 saturated heterocycles. The van der Waals surface area contributed by atoms with E-state index in [1.165, 1.54) is 0 Å². The molecule has 0 atom stereocenters. The van der Waals surface area contributed by atoms with Gasteiger partial charge in [0, 0.05) is 30.7 Å². The molecular weight excluding hydrogens is 262 g/mol. The van der Waals surface area contributed by atoms with Gasteiger partial charge < -0.3 is 14.8 Å². The maximum atomic E-state index is 11.6. The van der Waals surface area contributed by atoms with E-state index in [0.717, 1.165) is 23.3 Å². The SMILES string of the molecule is COC(OC)c1ccc(SCC(=O)NC2CC2)cc1. The molecule has 0 radical (unpaired) electrons. The van der Waals surface area contributed by atoms with Crippen LogP contribution in [-0.4, -0.2) is 31.9 Å². The molecule has 0 bridgehead atoms. The zero-order valence-corrected chi connectivity index (χ0v) is 12.0. The molecule has 1 N–H and O–H groups in total. The molecular formula is C14H19NO3S. The van der Waals surface area contributed by atoms with Crippen molar-refractivity contribution in [1.29, 1.82) is 0 Å². The number of hydrogen-bond acceptors (Lipinski definition) is 4. The monoisotopic (exact) mass is 281 g/mol. The minimum atomic E-state index is -0.336. The molecule has 0 aromatic heterocycles. The topological polar surface area (TPSA) is 47.6 Å². The number of benzene rings is 1. The van der Waals surface area contributed by atoms with Gasteiger partial charge in [0.15, 0.2) is 6.29 Å². The first-order valence-corrected chi connectivity index (χ1v) is 7.29. The van der Waals surface area contributed by atoms with Gasteiger partial charge in [0.2, 0.25) is 5.91 Å². The highest BCUT2D eigenvalue weighted by Gasteiger charge is 2.22. The summed E-state index contributed by atoms with van der Waals surface area (Å²) in [5.41, 5.74) is 0.969. The number of methoxy groups -OCH3 is 2. The van der Waals surface area contributed by atoms with Crippen molar-refractivity contribution in [1.82, 2.24) is 5.32 Å². The van der Waals surface area contributed by atoms with Crippen LogP contribution in [0.5, 0.6) is 0 Å². The third-order valence-corrected chi connectivity index (χ3v) is 3.90. The number of carbonyl (C=O) groups is 1. The molecule has 0 spiro atoms. The molecule has 1 saturated carbocycles. The lowest BCUT2D eigenvalue weighted by Gasteiger charge is -2.13. The summed E-state index contributed by atoms with van der Waals surface area (Å²) in [5, 5.41) is 2.97. The van der Waals surface area contributed by atoms with Gasteiger partial charge in [-0.3, -0.25) is 4.79 Å². The molecule has 0 heterocycles. The summed E-state index contributed by atoms with van der Waals surface area (Å²) in [6, 6.07) is 8.31. The lowest BCUT2D eigenvalue weighted by atomic mass is 10.2. The maximum absolute atomic E-state index is 11.6. The fourth-order valence-electron chi connectivity index (χ4n) is 1.74. The molecule has 1 aromatic carbocycles.